The highest BCUT2D eigenvalue weighted by molar-refractivity contribution is 7.88. The number of carbonyl (C=O) groups excluding carboxylic acids is 1. The minimum atomic E-state index is -3.61. The number of rotatable bonds is 5. The molecule has 2 aliphatic heterocycles. The van der Waals surface area contributed by atoms with E-state index in [0.717, 1.165) is 42.4 Å². The molecule has 1 fully saturated rings. The predicted octanol–water partition coefficient (Wildman–Crippen LogP) is 3.68. The van der Waals surface area contributed by atoms with Gasteiger partial charge in [0.2, 0.25) is 10.0 Å². The molecule has 0 amide bonds. The molecule has 1 unspecified atom stereocenters. The lowest BCUT2D eigenvalue weighted by Gasteiger charge is -2.46. The lowest BCUT2D eigenvalue weighted by Crippen LogP contribution is -2.50. The van der Waals surface area contributed by atoms with Crippen molar-refractivity contribution in [3.8, 4) is 0 Å². The SMILES string of the molecule is CC1(C)CC(c2cccc(N3CCOCC3)c2)N(NS(C)(=O)=O)c2c(C=O)cc(Cl)cc21. The summed E-state index contributed by atoms with van der Waals surface area (Å²) in [7, 11) is -3.61. The molecule has 0 bridgehead atoms. The molecule has 1 atom stereocenters. The number of ether oxygens (including phenoxy) is 1. The van der Waals surface area contributed by atoms with Gasteiger partial charge in [0.1, 0.15) is 0 Å². The fourth-order valence-corrected chi connectivity index (χ4v) is 5.44. The van der Waals surface area contributed by atoms with Crippen LogP contribution in [0.5, 0.6) is 0 Å². The number of hydrazine groups is 1. The Balaban J connectivity index is 1.85. The third kappa shape index (κ3) is 4.64. The van der Waals surface area contributed by atoms with Gasteiger partial charge in [0, 0.05) is 29.4 Å². The second-order valence-corrected chi connectivity index (χ2v) is 11.2. The summed E-state index contributed by atoms with van der Waals surface area (Å²) in [6.45, 7) is 7.16. The van der Waals surface area contributed by atoms with Gasteiger partial charge < -0.3 is 9.64 Å². The topological polar surface area (TPSA) is 79.0 Å². The van der Waals surface area contributed by atoms with E-state index in [1.807, 2.05) is 18.2 Å². The monoisotopic (exact) mass is 477 g/mol. The number of nitrogens with zero attached hydrogens (tertiary/aromatic N) is 2. The second kappa shape index (κ2) is 8.67. The van der Waals surface area contributed by atoms with E-state index in [1.165, 1.54) is 0 Å². The van der Waals surface area contributed by atoms with Crippen molar-refractivity contribution in [3.05, 3.63) is 58.1 Å². The first-order chi connectivity index (χ1) is 15.1. The van der Waals surface area contributed by atoms with Crippen molar-refractivity contribution >= 4 is 39.3 Å². The van der Waals surface area contributed by atoms with Gasteiger partial charge in [0.25, 0.3) is 0 Å². The van der Waals surface area contributed by atoms with Crippen molar-refractivity contribution in [1.82, 2.24) is 4.83 Å². The van der Waals surface area contributed by atoms with Gasteiger partial charge in [-0.05, 0) is 47.2 Å². The zero-order valence-corrected chi connectivity index (χ0v) is 20.0. The Morgan fingerprint density at radius 3 is 2.56 bits per heavy atom. The summed E-state index contributed by atoms with van der Waals surface area (Å²) in [6.07, 6.45) is 2.47. The van der Waals surface area contributed by atoms with E-state index in [-0.39, 0.29) is 11.5 Å². The van der Waals surface area contributed by atoms with Crippen LogP contribution in [-0.2, 0) is 20.2 Å². The van der Waals surface area contributed by atoms with Crippen molar-refractivity contribution in [2.24, 2.45) is 0 Å². The minimum Gasteiger partial charge on any atom is -0.378 e. The average Bonchev–Trinajstić information content (AvgIpc) is 2.75. The highest BCUT2D eigenvalue weighted by Crippen LogP contribution is 2.49. The van der Waals surface area contributed by atoms with Crippen LogP contribution in [0.2, 0.25) is 5.02 Å². The zero-order chi connectivity index (χ0) is 23.1. The van der Waals surface area contributed by atoms with Gasteiger partial charge in [-0.2, -0.15) is 0 Å². The van der Waals surface area contributed by atoms with Gasteiger partial charge in [0.05, 0.1) is 31.2 Å². The van der Waals surface area contributed by atoms with E-state index in [2.05, 4.69) is 35.7 Å². The van der Waals surface area contributed by atoms with Gasteiger partial charge in [-0.3, -0.25) is 9.80 Å². The molecule has 0 aromatic heterocycles. The molecule has 0 saturated carbocycles. The maximum atomic E-state index is 12.3. The molecule has 2 aliphatic rings. The van der Waals surface area contributed by atoms with Gasteiger partial charge >= 0.3 is 0 Å². The summed E-state index contributed by atoms with van der Waals surface area (Å²) in [4.78, 5) is 16.9. The van der Waals surface area contributed by atoms with Crippen LogP contribution < -0.4 is 14.7 Å². The largest absolute Gasteiger partial charge is 0.378 e. The number of sulfonamides is 1. The van der Waals surface area contributed by atoms with Gasteiger partial charge in [-0.25, -0.2) is 8.42 Å². The highest BCUT2D eigenvalue weighted by atomic mass is 35.5. The first-order valence-electron chi connectivity index (χ1n) is 10.6. The summed E-state index contributed by atoms with van der Waals surface area (Å²) in [5.41, 5.74) is 3.44. The Labute approximate surface area is 194 Å². The van der Waals surface area contributed by atoms with Gasteiger partial charge in [0.15, 0.2) is 6.29 Å². The smallest absolute Gasteiger partial charge is 0.225 e. The van der Waals surface area contributed by atoms with Crippen LogP contribution in [0.1, 0.15) is 47.8 Å². The maximum Gasteiger partial charge on any atom is 0.225 e. The molecule has 4 rings (SSSR count). The van der Waals surface area contributed by atoms with Crippen molar-refractivity contribution in [1.29, 1.82) is 0 Å². The molecule has 7 nitrogen and oxygen atoms in total. The number of hydrogen-bond donors (Lipinski definition) is 1. The average molecular weight is 478 g/mol. The first kappa shape index (κ1) is 23.0. The third-order valence-electron chi connectivity index (χ3n) is 6.11. The van der Waals surface area contributed by atoms with E-state index < -0.39 is 10.0 Å². The highest BCUT2D eigenvalue weighted by Gasteiger charge is 2.41. The first-order valence-corrected chi connectivity index (χ1v) is 12.8. The van der Waals surface area contributed by atoms with Crippen LogP contribution in [0.15, 0.2) is 36.4 Å². The number of benzene rings is 2. The number of halogens is 1. The Morgan fingerprint density at radius 1 is 1.19 bits per heavy atom. The van der Waals surface area contributed by atoms with E-state index >= 15 is 0 Å². The molecule has 1 N–H and O–H groups in total. The minimum absolute atomic E-state index is 0.312. The Hall–Kier alpha value is -2.13. The Kier molecular flexibility index (Phi) is 6.24. The van der Waals surface area contributed by atoms with Gasteiger partial charge in [-0.15, -0.1) is 4.83 Å². The lowest BCUT2D eigenvalue weighted by atomic mass is 9.73. The fraction of sp³-hybridized carbons (Fsp3) is 0.435. The number of fused-ring (bicyclic) bond motifs is 1. The predicted molar refractivity (Wildman–Crippen MR) is 127 cm³/mol. The molecule has 2 aromatic carbocycles. The lowest BCUT2D eigenvalue weighted by molar-refractivity contribution is 0.112. The van der Waals surface area contributed by atoms with Crippen molar-refractivity contribution < 1.29 is 17.9 Å². The van der Waals surface area contributed by atoms with Crippen LogP contribution >= 0.6 is 11.6 Å². The van der Waals surface area contributed by atoms with Crippen LogP contribution in [0.25, 0.3) is 0 Å². The van der Waals surface area contributed by atoms with E-state index in [0.29, 0.717) is 35.9 Å². The molecule has 32 heavy (non-hydrogen) atoms. The molecule has 2 aromatic rings. The third-order valence-corrected chi connectivity index (χ3v) is 6.86. The summed E-state index contributed by atoms with van der Waals surface area (Å²) >= 11 is 6.30. The number of hydrogen-bond acceptors (Lipinski definition) is 6. The van der Waals surface area contributed by atoms with E-state index in [4.69, 9.17) is 16.3 Å². The van der Waals surface area contributed by atoms with Crippen LogP contribution in [-0.4, -0.2) is 47.3 Å². The number of nitrogens with one attached hydrogen (secondary N) is 1. The van der Waals surface area contributed by atoms with Crippen molar-refractivity contribution in [2.45, 2.75) is 31.7 Å². The summed E-state index contributed by atoms with van der Waals surface area (Å²) in [5, 5.41) is 2.07. The maximum absolute atomic E-state index is 12.3. The van der Waals surface area contributed by atoms with Crippen LogP contribution in [0.4, 0.5) is 11.4 Å². The summed E-state index contributed by atoms with van der Waals surface area (Å²) < 4.78 is 30.1. The number of anilines is 2. The van der Waals surface area contributed by atoms with Gasteiger partial charge in [-0.1, -0.05) is 37.6 Å². The fourth-order valence-electron chi connectivity index (χ4n) is 4.64. The quantitative estimate of drug-likeness (QED) is 0.662. The normalized spacial score (nSPS) is 20.7. The molecule has 1 saturated heterocycles. The van der Waals surface area contributed by atoms with Crippen LogP contribution in [0, 0.1) is 0 Å². The second-order valence-electron chi connectivity index (χ2n) is 9.04. The summed E-state index contributed by atoms with van der Waals surface area (Å²) in [6, 6.07) is 11.2. The van der Waals surface area contributed by atoms with E-state index in [9.17, 15) is 13.2 Å². The number of morpholine rings is 1. The Morgan fingerprint density at radius 2 is 1.91 bits per heavy atom. The number of carbonyl (C=O) groups is 1. The molecule has 0 spiro atoms. The summed E-state index contributed by atoms with van der Waals surface area (Å²) in [5.74, 6) is 0. The molecule has 9 heteroatoms. The van der Waals surface area contributed by atoms with E-state index in [1.54, 1.807) is 11.1 Å². The zero-order valence-electron chi connectivity index (χ0n) is 18.5. The van der Waals surface area contributed by atoms with Crippen molar-refractivity contribution in [3.63, 3.8) is 0 Å². The molecule has 0 aliphatic carbocycles. The molecule has 172 valence electrons. The molecule has 0 radical (unpaired) electrons. The molecule has 2 heterocycles. The molecular formula is C23H28ClN3O4S. The molecular weight excluding hydrogens is 450 g/mol. The van der Waals surface area contributed by atoms with Crippen molar-refractivity contribution in [2.75, 3.05) is 42.5 Å². The standard InChI is InChI=1S/C23H28ClN3O4S/c1-23(2)14-21(16-5-4-6-19(12-16)26-7-9-31-10-8-26)27(25-32(3,29)30)22-17(15-28)11-18(24)13-20(22)23/h4-6,11-13,15,21,25H,7-10,14H2,1-3H3. The van der Waals surface area contributed by atoms with Crippen LogP contribution in [0.3, 0.4) is 0 Å². The Bertz CT molecular complexity index is 1130. The number of aldehydes is 1.